The highest BCUT2D eigenvalue weighted by molar-refractivity contribution is 5.83. The van der Waals surface area contributed by atoms with Crippen LogP contribution in [0.25, 0.3) is 10.9 Å². The summed E-state index contributed by atoms with van der Waals surface area (Å²) in [5.74, 6) is 0.911. The highest BCUT2D eigenvalue weighted by Gasteiger charge is 2.17. The van der Waals surface area contributed by atoms with Crippen molar-refractivity contribution in [3.8, 4) is 0 Å². The van der Waals surface area contributed by atoms with Gasteiger partial charge in [-0.1, -0.05) is 25.1 Å². The summed E-state index contributed by atoms with van der Waals surface area (Å²) in [6, 6.07) is 8.72. The lowest BCUT2D eigenvalue weighted by atomic mass is 9.99. The van der Waals surface area contributed by atoms with Gasteiger partial charge in [-0.2, -0.15) is 0 Å². The second-order valence-corrected chi connectivity index (χ2v) is 5.74. The van der Waals surface area contributed by atoms with E-state index in [0.29, 0.717) is 0 Å². The van der Waals surface area contributed by atoms with Gasteiger partial charge in [-0.3, -0.25) is 4.90 Å². The predicted molar refractivity (Wildman–Crippen MR) is 76.6 cm³/mol. The minimum Gasteiger partial charge on any atom is -0.350 e. The van der Waals surface area contributed by atoms with Gasteiger partial charge in [0.15, 0.2) is 0 Å². The quantitative estimate of drug-likeness (QED) is 0.783. The van der Waals surface area contributed by atoms with Crippen molar-refractivity contribution in [3.63, 3.8) is 0 Å². The van der Waals surface area contributed by atoms with Crippen LogP contribution in [0.5, 0.6) is 0 Å². The van der Waals surface area contributed by atoms with Gasteiger partial charge in [-0.05, 0) is 43.5 Å². The van der Waals surface area contributed by atoms with Crippen LogP contribution in [0.2, 0.25) is 0 Å². The molecule has 1 aliphatic rings. The second kappa shape index (κ2) is 4.77. The average Bonchev–Trinajstić information content (AvgIpc) is 2.70. The maximum Gasteiger partial charge on any atom is 0.0481 e. The molecule has 18 heavy (non-hydrogen) atoms. The average molecular weight is 242 g/mol. The minimum absolute atomic E-state index is 0.911. The highest BCUT2D eigenvalue weighted by atomic mass is 15.1. The number of nitrogens with zero attached hydrogens (tertiary/aromatic N) is 2. The molecule has 0 unspecified atom stereocenters. The summed E-state index contributed by atoms with van der Waals surface area (Å²) in [5, 5.41) is 1.42. The van der Waals surface area contributed by atoms with E-state index in [2.05, 4.69) is 53.9 Å². The van der Waals surface area contributed by atoms with Crippen molar-refractivity contribution in [2.75, 3.05) is 13.1 Å². The van der Waals surface area contributed by atoms with Crippen molar-refractivity contribution >= 4 is 10.9 Å². The van der Waals surface area contributed by atoms with E-state index >= 15 is 0 Å². The number of hydrogen-bond donors (Lipinski definition) is 0. The summed E-state index contributed by atoms with van der Waals surface area (Å²) < 4.78 is 2.25. The van der Waals surface area contributed by atoms with Gasteiger partial charge in [0.05, 0.1) is 0 Å². The monoisotopic (exact) mass is 242 g/mol. The predicted octanol–water partition coefficient (Wildman–Crippen LogP) is 3.41. The molecule has 2 heterocycles. The van der Waals surface area contributed by atoms with Crippen molar-refractivity contribution in [3.05, 3.63) is 36.0 Å². The Morgan fingerprint density at radius 1 is 1.17 bits per heavy atom. The van der Waals surface area contributed by atoms with Gasteiger partial charge in [-0.15, -0.1) is 0 Å². The van der Waals surface area contributed by atoms with Crippen molar-refractivity contribution < 1.29 is 0 Å². The lowest BCUT2D eigenvalue weighted by Gasteiger charge is -2.29. The first kappa shape index (κ1) is 11.8. The SMILES string of the molecule is CC1CCN(Cc2cn(C)c3ccccc23)CC1. The molecule has 2 nitrogen and oxygen atoms in total. The summed E-state index contributed by atoms with van der Waals surface area (Å²) in [4.78, 5) is 2.60. The Hall–Kier alpha value is -1.28. The minimum atomic E-state index is 0.911. The van der Waals surface area contributed by atoms with Crippen LogP contribution in [0.15, 0.2) is 30.5 Å². The smallest absolute Gasteiger partial charge is 0.0481 e. The molecule has 1 aromatic heterocycles. The van der Waals surface area contributed by atoms with E-state index in [-0.39, 0.29) is 0 Å². The summed E-state index contributed by atoms with van der Waals surface area (Å²) in [6.07, 6.45) is 5.00. The number of rotatable bonds is 2. The molecule has 2 heteroatoms. The Morgan fingerprint density at radius 2 is 1.89 bits per heavy atom. The van der Waals surface area contributed by atoms with Crippen molar-refractivity contribution in [2.24, 2.45) is 13.0 Å². The van der Waals surface area contributed by atoms with E-state index < -0.39 is 0 Å². The molecule has 1 fully saturated rings. The number of aromatic nitrogens is 1. The molecule has 0 radical (unpaired) electrons. The second-order valence-electron chi connectivity index (χ2n) is 5.74. The van der Waals surface area contributed by atoms with Crippen LogP contribution < -0.4 is 0 Å². The molecular formula is C16H22N2. The zero-order valence-electron chi connectivity index (χ0n) is 11.4. The molecule has 1 aromatic carbocycles. The first-order valence-electron chi connectivity index (χ1n) is 6.99. The molecule has 0 bridgehead atoms. The zero-order valence-corrected chi connectivity index (χ0v) is 11.4. The van der Waals surface area contributed by atoms with Crippen LogP contribution in [0.1, 0.15) is 25.3 Å². The summed E-state index contributed by atoms with van der Waals surface area (Å²) in [5.41, 5.74) is 2.82. The van der Waals surface area contributed by atoms with Gasteiger partial charge in [-0.25, -0.2) is 0 Å². The number of hydrogen-bond acceptors (Lipinski definition) is 1. The third kappa shape index (κ3) is 2.17. The fourth-order valence-corrected chi connectivity index (χ4v) is 3.01. The third-order valence-corrected chi connectivity index (χ3v) is 4.25. The Balaban J connectivity index is 1.82. The maximum absolute atomic E-state index is 2.60. The number of fused-ring (bicyclic) bond motifs is 1. The fourth-order valence-electron chi connectivity index (χ4n) is 3.01. The normalized spacial score (nSPS) is 18.6. The first-order valence-corrected chi connectivity index (χ1v) is 6.99. The molecule has 96 valence electrons. The van der Waals surface area contributed by atoms with Crippen LogP contribution in [-0.2, 0) is 13.6 Å². The van der Waals surface area contributed by atoms with E-state index in [1.54, 1.807) is 0 Å². The number of piperidine rings is 1. The number of likely N-dealkylation sites (tertiary alicyclic amines) is 1. The first-order chi connectivity index (χ1) is 8.74. The number of benzene rings is 1. The molecule has 0 amide bonds. The highest BCUT2D eigenvalue weighted by Crippen LogP contribution is 2.24. The van der Waals surface area contributed by atoms with E-state index in [0.717, 1.165) is 12.5 Å². The van der Waals surface area contributed by atoms with Crippen molar-refractivity contribution in [2.45, 2.75) is 26.3 Å². The summed E-state index contributed by atoms with van der Waals surface area (Å²) >= 11 is 0. The van der Waals surface area contributed by atoms with Gasteiger partial charge in [0, 0.05) is 30.7 Å². The van der Waals surface area contributed by atoms with Crippen LogP contribution in [0.4, 0.5) is 0 Å². The van der Waals surface area contributed by atoms with Gasteiger partial charge >= 0.3 is 0 Å². The fraction of sp³-hybridized carbons (Fsp3) is 0.500. The standard InChI is InChI=1S/C16H22N2/c1-13-7-9-18(10-8-13)12-14-11-17(2)16-6-4-3-5-15(14)16/h3-6,11,13H,7-10,12H2,1-2H3. The van der Waals surface area contributed by atoms with E-state index in [4.69, 9.17) is 0 Å². The van der Waals surface area contributed by atoms with Gasteiger partial charge < -0.3 is 4.57 Å². The van der Waals surface area contributed by atoms with Crippen LogP contribution in [0, 0.1) is 5.92 Å². The van der Waals surface area contributed by atoms with Crippen molar-refractivity contribution in [1.82, 2.24) is 9.47 Å². The lowest BCUT2D eigenvalue weighted by molar-refractivity contribution is 0.186. The van der Waals surface area contributed by atoms with Gasteiger partial charge in [0.2, 0.25) is 0 Å². The molecule has 1 aliphatic heterocycles. The molecule has 0 saturated carbocycles. The Labute approximate surface area is 109 Å². The molecule has 0 aliphatic carbocycles. The Bertz CT molecular complexity index is 533. The van der Waals surface area contributed by atoms with E-state index in [9.17, 15) is 0 Å². The molecule has 0 spiro atoms. The molecule has 1 saturated heterocycles. The Kier molecular flexibility index (Phi) is 3.13. The Morgan fingerprint density at radius 3 is 2.67 bits per heavy atom. The summed E-state index contributed by atoms with van der Waals surface area (Å²) in [7, 11) is 2.14. The molecule has 3 rings (SSSR count). The molecule has 0 N–H and O–H groups in total. The van der Waals surface area contributed by atoms with Crippen LogP contribution in [0.3, 0.4) is 0 Å². The molecule has 0 atom stereocenters. The van der Waals surface area contributed by atoms with Crippen LogP contribution >= 0.6 is 0 Å². The summed E-state index contributed by atoms with van der Waals surface area (Å²) in [6.45, 7) is 5.98. The lowest BCUT2D eigenvalue weighted by Crippen LogP contribution is -2.32. The molecular weight excluding hydrogens is 220 g/mol. The number of para-hydroxylation sites is 1. The van der Waals surface area contributed by atoms with Crippen molar-refractivity contribution in [1.29, 1.82) is 0 Å². The number of aryl methyl sites for hydroxylation is 1. The largest absolute Gasteiger partial charge is 0.350 e. The maximum atomic E-state index is 2.60. The molecule has 2 aromatic rings. The third-order valence-electron chi connectivity index (χ3n) is 4.25. The van der Waals surface area contributed by atoms with E-state index in [1.165, 1.54) is 42.4 Å². The topological polar surface area (TPSA) is 8.17 Å². The van der Waals surface area contributed by atoms with Gasteiger partial charge in [0.25, 0.3) is 0 Å². The van der Waals surface area contributed by atoms with Crippen LogP contribution in [-0.4, -0.2) is 22.6 Å². The zero-order chi connectivity index (χ0) is 12.5. The van der Waals surface area contributed by atoms with E-state index in [1.807, 2.05) is 0 Å². The van der Waals surface area contributed by atoms with Gasteiger partial charge in [0.1, 0.15) is 0 Å².